The van der Waals surface area contributed by atoms with Crippen LogP contribution in [0.25, 0.3) is 0 Å². The number of aliphatic imine (C=N–C) groups is 1. The molecule has 23 heavy (non-hydrogen) atoms. The third-order valence-corrected chi connectivity index (χ3v) is 4.14. The summed E-state index contributed by atoms with van der Waals surface area (Å²) >= 11 is 12.1. The molecule has 0 spiro atoms. The van der Waals surface area contributed by atoms with E-state index in [4.69, 9.17) is 28.9 Å². The van der Waals surface area contributed by atoms with E-state index in [0.29, 0.717) is 23.1 Å². The lowest BCUT2D eigenvalue weighted by Crippen LogP contribution is -2.36. The Bertz CT molecular complexity index is 772. The number of benzene rings is 2. The van der Waals surface area contributed by atoms with Crippen molar-refractivity contribution in [1.29, 1.82) is 0 Å². The maximum Gasteiger partial charge on any atom is 0.248 e. The fourth-order valence-corrected chi connectivity index (χ4v) is 2.91. The summed E-state index contributed by atoms with van der Waals surface area (Å²) in [4.78, 5) is 18.6. The molecule has 2 aromatic carbocycles. The molecule has 0 saturated carbocycles. The van der Waals surface area contributed by atoms with Gasteiger partial charge in [0.2, 0.25) is 5.91 Å². The van der Waals surface area contributed by atoms with Gasteiger partial charge in [0.05, 0.1) is 11.4 Å². The van der Waals surface area contributed by atoms with Gasteiger partial charge in [0.15, 0.2) is 0 Å². The summed E-state index contributed by atoms with van der Waals surface area (Å²) in [6.45, 7) is 0.894. The van der Waals surface area contributed by atoms with Gasteiger partial charge in [-0.2, -0.15) is 0 Å². The fourth-order valence-electron chi connectivity index (χ4n) is 2.61. The quantitative estimate of drug-likeness (QED) is 0.926. The van der Waals surface area contributed by atoms with Crippen molar-refractivity contribution in [2.24, 2.45) is 10.7 Å². The van der Waals surface area contributed by atoms with Crippen molar-refractivity contribution in [1.82, 2.24) is 0 Å². The summed E-state index contributed by atoms with van der Waals surface area (Å²) < 4.78 is 0. The van der Waals surface area contributed by atoms with Crippen molar-refractivity contribution >= 4 is 40.5 Å². The van der Waals surface area contributed by atoms with Crippen LogP contribution < -0.4 is 10.6 Å². The van der Waals surface area contributed by atoms with Crippen LogP contribution in [0.5, 0.6) is 0 Å². The SMILES string of the molecule is NCCN1C(=O)CN=C(c2ccc(Cl)cc2)c2cc(Cl)ccc21. The third-order valence-electron chi connectivity index (χ3n) is 3.65. The van der Waals surface area contributed by atoms with Crippen molar-refractivity contribution < 1.29 is 4.79 Å². The van der Waals surface area contributed by atoms with E-state index in [2.05, 4.69) is 4.99 Å². The second kappa shape index (κ2) is 6.71. The average Bonchev–Trinajstić information content (AvgIpc) is 2.67. The van der Waals surface area contributed by atoms with Crippen molar-refractivity contribution in [3.8, 4) is 0 Å². The number of anilines is 1. The largest absolute Gasteiger partial charge is 0.329 e. The summed E-state index contributed by atoms with van der Waals surface area (Å²) in [6.07, 6.45) is 0. The standard InChI is InChI=1S/C17H15Cl2N3O/c18-12-3-1-11(2-4-12)17-14-9-13(19)5-6-15(14)22(8-7-20)16(23)10-21-17/h1-6,9H,7-8,10,20H2. The zero-order valence-corrected chi connectivity index (χ0v) is 13.8. The van der Waals surface area contributed by atoms with Gasteiger partial charge in [-0.25, -0.2) is 0 Å². The van der Waals surface area contributed by atoms with E-state index < -0.39 is 0 Å². The minimum atomic E-state index is -0.0806. The molecule has 1 aliphatic rings. The highest BCUT2D eigenvalue weighted by Gasteiger charge is 2.24. The fraction of sp³-hybridized carbons (Fsp3) is 0.176. The monoisotopic (exact) mass is 347 g/mol. The number of hydrogen-bond acceptors (Lipinski definition) is 3. The summed E-state index contributed by atoms with van der Waals surface area (Å²) in [6, 6.07) is 12.8. The highest BCUT2D eigenvalue weighted by molar-refractivity contribution is 6.32. The predicted octanol–water partition coefficient (Wildman–Crippen LogP) is 3.14. The first-order valence-electron chi connectivity index (χ1n) is 7.21. The van der Waals surface area contributed by atoms with Crippen LogP contribution in [-0.4, -0.2) is 31.3 Å². The van der Waals surface area contributed by atoms with Gasteiger partial charge < -0.3 is 10.6 Å². The number of carbonyl (C=O) groups is 1. The third kappa shape index (κ3) is 3.24. The van der Waals surface area contributed by atoms with Gasteiger partial charge in [-0.3, -0.25) is 9.79 Å². The first-order chi connectivity index (χ1) is 11.1. The Morgan fingerprint density at radius 2 is 1.78 bits per heavy atom. The molecule has 0 saturated heterocycles. The van der Waals surface area contributed by atoms with Gasteiger partial charge in [-0.15, -0.1) is 0 Å². The summed E-state index contributed by atoms with van der Waals surface area (Å²) in [5, 5.41) is 1.24. The van der Waals surface area contributed by atoms with Crippen LogP contribution in [0.15, 0.2) is 47.5 Å². The molecule has 0 radical (unpaired) electrons. The number of nitrogens with zero attached hydrogens (tertiary/aromatic N) is 2. The molecule has 6 heteroatoms. The predicted molar refractivity (Wildman–Crippen MR) is 94.8 cm³/mol. The molecule has 0 aliphatic carbocycles. The normalized spacial score (nSPS) is 14.3. The van der Waals surface area contributed by atoms with E-state index in [1.165, 1.54) is 0 Å². The van der Waals surface area contributed by atoms with Crippen LogP contribution in [-0.2, 0) is 4.79 Å². The zero-order chi connectivity index (χ0) is 16.4. The molecule has 118 valence electrons. The van der Waals surface area contributed by atoms with Gasteiger partial charge in [0.1, 0.15) is 6.54 Å². The van der Waals surface area contributed by atoms with E-state index in [1.54, 1.807) is 23.1 Å². The van der Waals surface area contributed by atoms with E-state index in [0.717, 1.165) is 22.5 Å². The number of hydrogen-bond donors (Lipinski definition) is 1. The zero-order valence-electron chi connectivity index (χ0n) is 12.3. The minimum absolute atomic E-state index is 0.0737. The van der Waals surface area contributed by atoms with Crippen LogP contribution in [0, 0.1) is 0 Å². The van der Waals surface area contributed by atoms with Gasteiger partial charge in [-0.05, 0) is 30.3 Å². The Balaban J connectivity index is 2.17. The van der Waals surface area contributed by atoms with Crippen LogP contribution in [0.2, 0.25) is 10.0 Å². The van der Waals surface area contributed by atoms with Gasteiger partial charge in [0.25, 0.3) is 0 Å². The number of halogens is 2. The first-order valence-corrected chi connectivity index (χ1v) is 7.96. The van der Waals surface area contributed by atoms with E-state index >= 15 is 0 Å². The van der Waals surface area contributed by atoms with Crippen LogP contribution in [0.1, 0.15) is 11.1 Å². The molecule has 1 amide bonds. The Kier molecular flexibility index (Phi) is 4.66. The average molecular weight is 348 g/mol. The van der Waals surface area contributed by atoms with E-state index in [9.17, 15) is 4.79 Å². The minimum Gasteiger partial charge on any atom is -0.329 e. The maximum absolute atomic E-state index is 12.4. The number of amides is 1. The molecule has 2 aromatic rings. The highest BCUT2D eigenvalue weighted by Crippen LogP contribution is 2.29. The number of rotatable bonds is 3. The molecule has 2 N–H and O–H groups in total. The van der Waals surface area contributed by atoms with Crippen LogP contribution >= 0.6 is 23.2 Å². The lowest BCUT2D eigenvalue weighted by molar-refractivity contribution is -0.117. The lowest BCUT2D eigenvalue weighted by atomic mass is 10.00. The van der Waals surface area contributed by atoms with Gasteiger partial charge >= 0.3 is 0 Å². The summed E-state index contributed by atoms with van der Waals surface area (Å²) in [5.74, 6) is -0.0806. The maximum atomic E-state index is 12.4. The smallest absolute Gasteiger partial charge is 0.248 e. The van der Waals surface area contributed by atoms with Crippen molar-refractivity contribution in [2.45, 2.75) is 0 Å². The Morgan fingerprint density at radius 3 is 2.48 bits per heavy atom. The van der Waals surface area contributed by atoms with Gasteiger partial charge in [-0.1, -0.05) is 35.3 Å². The summed E-state index contributed by atoms with van der Waals surface area (Å²) in [5.41, 5.74) is 8.86. The van der Waals surface area contributed by atoms with Crippen molar-refractivity contribution in [3.63, 3.8) is 0 Å². The van der Waals surface area contributed by atoms with Crippen LogP contribution in [0.3, 0.4) is 0 Å². The number of benzodiazepines with no additional fused rings is 1. The van der Waals surface area contributed by atoms with Crippen molar-refractivity contribution in [3.05, 3.63) is 63.6 Å². The number of carbonyl (C=O) groups excluding carboxylic acids is 1. The first kappa shape index (κ1) is 16.0. The molecular weight excluding hydrogens is 333 g/mol. The molecule has 4 nitrogen and oxygen atoms in total. The molecule has 0 bridgehead atoms. The number of nitrogens with two attached hydrogens (primary N) is 1. The molecule has 0 unspecified atom stereocenters. The summed E-state index contributed by atoms with van der Waals surface area (Å²) in [7, 11) is 0. The molecule has 0 aromatic heterocycles. The topological polar surface area (TPSA) is 58.7 Å². The Morgan fingerprint density at radius 1 is 1.09 bits per heavy atom. The Labute approximate surface area is 144 Å². The van der Waals surface area contributed by atoms with Crippen LogP contribution in [0.4, 0.5) is 5.69 Å². The van der Waals surface area contributed by atoms with Crippen molar-refractivity contribution in [2.75, 3.05) is 24.5 Å². The molecule has 0 atom stereocenters. The molecule has 0 fully saturated rings. The molecular formula is C17H15Cl2N3O. The molecule has 3 rings (SSSR count). The lowest BCUT2D eigenvalue weighted by Gasteiger charge is -2.22. The number of fused-ring (bicyclic) bond motifs is 1. The second-order valence-corrected chi connectivity index (χ2v) is 6.04. The molecule has 1 aliphatic heterocycles. The van der Waals surface area contributed by atoms with E-state index in [1.807, 2.05) is 24.3 Å². The van der Waals surface area contributed by atoms with E-state index in [-0.39, 0.29) is 12.5 Å². The Hall–Kier alpha value is -1.88. The van der Waals surface area contributed by atoms with Gasteiger partial charge in [0, 0.05) is 34.3 Å². The molecule has 1 heterocycles. The highest BCUT2D eigenvalue weighted by atomic mass is 35.5. The second-order valence-electron chi connectivity index (χ2n) is 5.17.